The van der Waals surface area contributed by atoms with Crippen LogP contribution in [0.25, 0.3) is 0 Å². The van der Waals surface area contributed by atoms with Gasteiger partial charge in [-0.2, -0.15) is 0 Å². The van der Waals surface area contributed by atoms with Gasteiger partial charge >= 0.3 is 0 Å². The maximum absolute atomic E-state index is 10.8. The number of carbonyl (C=O) groups is 1. The Kier molecular flexibility index (Phi) is 7.72. The Morgan fingerprint density at radius 2 is 2.25 bits per heavy atom. The molecule has 0 aliphatic carbocycles. The van der Waals surface area contributed by atoms with E-state index in [1.165, 1.54) is 0 Å². The van der Waals surface area contributed by atoms with Gasteiger partial charge in [0.25, 0.3) is 0 Å². The van der Waals surface area contributed by atoms with Crippen molar-refractivity contribution >= 4 is 29.9 Å². The fourth-order valence-corrected chi connectivity index (χ4v) is 1.17. The Labute approximate surface area is 106 Å². The van der Waals surface area contributed by atoms with Crippen molar-refractivity contribution < 1.29 is 9.53 Å². The molecule has 4 nitrogen and oxygen atoms in total. The molecule has 1 amide bonds. The first kappa shape index (κ1) is 15.0. The van der Waals surface area contributed by atoms with Gasteiger partial charge in [0.05, 0.1) is 13.1 Å². The number of halogens is 2. The molecule has 1 aromatic carbocycles. The molecule has 90 valence electrons. The third-order valence-electron chi connectivity index (χ3n) is 1.67. The molecule has 1 rings (SSSR count). The Morgan fingerprint density at radius 1 is 1.50 bits per heavy atom. The van der Waals surface area contributed by atoms with E-state index in [9.17, 15) is 4.79 Å². The first-order valence-electron chi connectivity index (χ1n) is 4.57. The van der Waals surface area contributed by atoms with Gasteiger partial charge in [0, 0.05) is 5.02 Å². The average molecular weight is 265 g/mol. The molecule has 16 heavy (non-hydrogen) atoms. The number of hydrogen-bond acceptors (Lipinski definition) is 3. The number of nitrogens with two attached hydrogens (primary N) is 1. The van der Waals surface area contributed by atoms with E-state index in [0.29, 0.717) is 23.9 Å². The molecule has 0 spiro atoms. The van der Waals surface area contributed by atoms with Gasteiger partial charge in [-0.3, -0.25) is 4.79 Å². The highest BCUT2D eigenvalue weighted by Gasteiger charge is 1.97. The zero-order chi connectivity index (χ0) is 11.1. The standard InChI is InChI=1S/C10H13ClN2O2.ClH/c11-8-2-1-3-9(6-8)15-5-4-13-10(14)7-12;/h1-3,6H,4-5,7,12H2,(H,13,14);1H. The Hall–Kier alpha value is -0.970. The van der Waals surface area contributed by atoms with Crippen LogP contribution in [0.1, 0.15) is 0 Å². The fraction of sp³-hybridized carbons (Fsp3) is 0.300. The molecule has 6 heteroatoms. The average Bonchev–Trinajstić information content (AvgIpc) is 2.24. The van der Waals surface area contributed by atoms with Crippen LogP contribution in [-0.4, -0.2) is 25.6 Å². The topological polar surface area (TPSA) is 64.4 Å². The number of benzene rings is 1. The minimum absolute atomic E-state index is 0. The van der Waals surface area contributed by atoms with Crippen molar-refractivity contribution in [3.05, 3.63) is 29.3 Å². The van der Waals surface area contributed by atoms with Crippen molar-refractivity contribution in [1.29, 1.82) is 0 Å². The van der Waals surface area contributed by atoms with E-state index in [1.54, 1.807) is 24.3 Å². The highest BCUT2D eigenvalue weighted by Crippen LogP contribution is 2.16. The first-order valence-corrected chi connectivity index (χ1v) is 4.95. The quantitative estimate of drug-likeness (QED) is 0.787. The summed E-state index contributed by atoms with van der Waals surface area (Å²) in [5.41, 5.74) is 5.11. The number of rotatable bonds is 5. The number of hydrogen-bond donors (Lipinski definition) is 2. The third kappa shape index (κ3) is 5.80. The molecule has 0 saturated carbocycles. The van der Waals surface area contributed by atoms with Crippen LogP contribution in [0.2, 0.25) is 5.02 Å². The Morgan fingerprint density at radius 3 is 2.88 bits per heavy atom. The second kappa shape index (κ2) is 8.21. The largest absolute Gasteiger partial charge is 0.492 e. The summed E-state index contributed by atoms with van der Waals surface area (Å²) in [7, 11) is 0. The molecule has 0 aromatic heterocycles. The van der Waals surface area contributed by atoms with Gasteiger partial charge in [-0.25, -0.2) is 0 Å². The summed E-state index contributed by atoms with van der Waals surface area (Å²) < 4.78 is 5.34. The molecule has 0 bridgehead atoms. The van der Waals surface area contributed by atoms with Crippen LogP contribution in [0.3, 0.4) is 0 Å². The minimum Gasteiger partial charge on any atom is -0.492 e. The lowest BCUT2D eigenvalue weighted by atomic mass is 10.3. The zero-order valence-corrected chi connectivity index (χ0v) is 10.2. The molecule has 0 saturated heterocycles. The first-order chi connectivity index (χ1) is 7.22. The van der Waals surface area contributed by atoms with Crippen LogP contribution < -0.4 is 15.8 Å². The van der Waals surface area contributed by atoms with Crippen LogP contribution in [0.15, 0.2) is 24.3 Å². The number of ether oxygens (including phenoxy) is 1. The Balaban J connectivity index is 0.00000225. The van der Waals surface area contributed by atoms with E-state index in [1.807, 2.05) is 0 Å². The summed E-state index contributed by atoms with van der Waals surface area (Å²) in [6.45, 7) is 0.825. The summed E-state index contributed by atoms with van der Waals surface area (Å²) in [5, 5.41) is 3.22. The second-order valence-corrected chi connectivity index (χ2v) is 3.30. The van der Waals surface area contributed by atoms with Crippen LogP contribution in [0, 0.1) is 0 Å². The third-order valence-corrected chi connectivity index (χ3v) is 1.91. The number of carbonyl (C=O) groups excluding carboxylic acids is 1. The van der Waals surface area contributed by atoms with Crippen LogP contribution in [0.4, 0.5) is 0 Å². The van der Waals surface area contributed by atoms with E-state index in [2.05, 4.69) is 5.32 Å². The number of amides is 1. The maximum Gasteiger partial charge on any atom is 0.233 e. The van der Waals surface area contributed by atoms with Crippen molar-refractivity contribution in [3.63, 3.8) is 0 Å². The highest BCUT2D eigenvalue weighted by molar-refractivity contribution is 6.30. The van der Waals surface area contributed by atoms with Gasteiger partial charge in [0.15, 0.2) is 0 Å². The van der Waals surface area contributed by atoms with Crippen molar-refractivity contribution in [2.24, 2.45) is 5.73 Å². The summed E-state index contributed by atoms with van der Waals surface area (Å²) in [4.78, 5) is 10.8. The van der Waals surface area contributed by atoms with Crippen molar-refractivity contribution in [1.82, 2.24) is 5.32 Å². The molecule has 0 unspecified atom stereocenters. The second-order valence-electron chi connectivity index (χ2n) is 2.86. The molecule has 0 radical (unpaired) electrons. The number of nitrogens with one attached hydrogen (secondary N) is 1. The molecule has 0 fully saturated rings. The van der Waals surface area contributed by atoms with Crippen LogP contribution >= 0.6 is 24.0 Å². The molecular weight excluding hydrogens is 251 g/mol. The molecular formula is C10H14Cl2N2O2. The zero-order valence-electron chi connectivity index (χ0n) is 8.61. The van der Waals surface area contributed by atoms with Gasteiger partial charge in [-0.05, 0) is 18.2 Å². The molecule has 0 aliphatic heterocycles. The van der Waals surface area contributed by atoms with Crippen LogP contribution in [0.5, 0.6) is 5.75 Å². The summed E-state index contributed by atoms with van der Waals surface area (Å²) in [6.07, 6.45) is 0. The van der Waals surface area contributed by atoms with E-state index >= 15 is 0 Å². The lowest BCUT2D eigenvalue weighted by molar-refractivity contribution is -0.119. The molecule has 3 N–H and O–H groups in total. The SMILES string of the molecule is Cl.NCC(=O)NCCOc1cccc(Cl)c1. The lowest BCUT2D eigenvalue weighted by Crippen LogP contribution is -2.33. The van der Waals surface area contributed by atoms with Gasteiger partial charge in [-0.15, -0.1) is 12.4 Å². The smallest absolute Gasteiger partial charge is 0.233 e. The monoisotopic (exact) mass is 264 g/mol. The lowest BCUT2D eigenvalue weighted by Gasteiger charge is -2.06. The van der Waals surface area contributed by atoms with Gasteiger partial charge in [-0.1, -0.05) is 17.7 Å². The van der Waals surface area contributed by atoms with Crippen molar-refractivity contribution in [3.8, 4) is 5.75 Å². The fourth-order valence-electron chi connectivity index (χ4n) is 0.988. The summed E-state index contributed by atoms with van der Waals surface area (Å²) in [5.74, 6) is 0.495. The summed E-state index contributed by atoms with van der Waals surface area (Å²) >= 11 is 5.76. The van der Waals surface area contributed by atoms with Crippen molar-refractivity contribution in [2.75, 3.05) is 19.7 Å². The van der Waals surface area contributed by atoms with E-state index in [0.717, 1.165) is 0 Å². The van der Waals surface area contributed by atoms with Crippen molar-refractivity contribution in [2.45, 2.75) is 0 Å². The maximum atomic E-state index is 10.8. The predicted molar refractivity (Wildman–Crippen MR) is 66.3 cm³/mol. The molecule has 0 atom stereocenters. The minimum atomic E-state index is -0.190. The molecule has 0 aliphatic rings. The predicted octanol–water partition coefficient (Wildman–Crippen LogP) is 1.22. The van der Waals surface area contributed by atoms with E-state index in [4.69, 9.17) is 22.1 Å². The summed E-state index contributed by atoms with van der Waals surface area (Å²) in [6, 6.07) is 7.09. The van der Waals surface area contributed by atoms with Crippen LogP contribution in [-0.2, 0) is 4.79 Å². The van der Waals surface area contributed by atoms with Gasteiger partial charge in [0.1, 0.15) is 12.4 Å². The van der Waals surface area contributed by atoms with Gasteiger partial charge < -0.3 is 15.8 Å². The van der Waals surface area contributed by atoms with E-state index in [-0.39, 0.29) is 24.9 Å². The van der Waals surface area contributed by atoms with E-state index < -0.39 is 0 Å². The normalized spacial score (nSPS) is 9.12. The highest BCUT2D eigenvalue weighted by atomic mass is 35.5. The Bertz CT molecular complexity index is 334. The van der Waals surface area contributed by atoms with Gasteiger partial charge in [0.2, 0.25) is 5.91 Å². The molecule has 1 aromatic rings. The molecule has 0 heterocycles.